The maximum Gasteiger partial charge on any atom is 0.259 e. The third-order valence-electron chi connectivity index (χ3n) is 4.49. The Balaban J connectivity index is 1.55. The molecule has 4 heterocycles. The van der Waals surface area contributed by atoms with Crippen LogP contribution >= 0.6 is 11.3 Å². The number of hydrogen-bond donors (Lipinski definition) is 2. The van der Waals surface area contributed by atoms with Crippen LogP contribution < -0.4 is 5.56 Å². The zero-order valence-electron chi connectivity index (χ0n) is 14.5. The Bertz CT molecular complexity index is 1330. The first-order chi connectivity index (χ1) is 13.2. The molecule has 0 bridgehead atoms. The van der Waals surface area contributed by atoms with Crippen molar-refractivity contribution in [3.63, 3.8) is 0 Å². The molecule has 6 nitrogen and oxygen atoms in total. The van der Waals surface area contributed by atoms with E-state index >= 15 is 0 Å². The van der Waals surface area contributed by atoms with Crippen molar-refractivity contribution in [2.75, 3.05) is 0 Å². The predicted octanol–water partition coefficient (Wildman–Crippen LogP) is 3.82. The van der Waals surface area contributed by atoms with Crippen LogP contribution in [0.2, 0.25) is 0 Å². The number of fused-ring (bicyclic) bond motifs is 2. The molecule has 1 aromatic carbocycles. The normalized spacial score (nSPS) is 11.4. The van der Waals surface area contributed by atoms with Crippen LogP contribution in [0.25, 0.3) is 31.8 Å². The molecule has 4 aromatic heterocycles. The summed E-state index contributed by atoms with van der Waals surface area (Å²) in [5, 5.41) is 0.615. The number of thiophene rings is 1. The van der Waals surface area contributed by atoms with Gasteiger partial charge in [0.15, 0.2) is 5.65 Å². The summed E-state index contributed by atoms with van der Waals surface area (Å²) in [5.41, 5.74) is 3.63. The van der Waals surface area contributed by atoms with Gasteiger partial charge in [-0.3, -0.25) is 4.79 Å². The second-order valence-corrected chi connectivity index (χ2v) is 7.43. The van der Waals surface area contributed by atoms with E-state index < -0.39 is 0 Å². The van der Waals surface area contributed by atoms with Gasteiger partial charge in [0, 0.05) is 11.1 Å². The molecule has 0 aliphatic rings. The number of benzene rings is 1. The predicted molar refractivity (Wildman–Crippen MR) is 107 cm³/mol. The molecule has 0 atom stereocenters. The summed E-state index contributed by atoms with van der Waals surface area (Å²) >= 11 is 1.52. The molecule has 0 spiro atoms. The molecule has 0 aliphatic heterocycles. The summed E-state index contributed by atoms with van der Waals surface area (Å²) in [6.07, 6.45) is 2.16. The fourth-order valence-corrected chi connectivity index (χ4v) is 4.19. The number of pyridine rings is 1. The molecule has 5 aromatic rings. The molecule has 0 saturated heterocycles. The van der Waals surface area contributed by atoms with E-state index in [2.05, 4.69) is 24.9 Å². The Labute approximate surface area is 158 Å². The van der Waals surface area contributed by atoms with E-state index in [4.69, 9.17) is 0 Å². The van der Waals surface area contributed by atoms with Crippen LogP contribution in [0.5, 0.6) is 0 Å². The highest BCUT2D eigenvalue weighted by Gasteiger charge is 2.12. The molecule has 27 heavy (non-hydrogen) atoms. The van der Waals surface area contributed by atoms with Crippen LogP contribution in [-0.4, -0.2) is 24.9 Å². The first kappa shape index (κ1) is 15.9. The van der Waals surface area contributed by atoms with Crippen LogP contribution in [-0.2, 0) is 6.42 Å². The topological polar surface area (TPSA) is 87.3 Å². The Hall–Kier alpha value is -3.32. The van der Waals surface area contributed by atoms with Crippen LogP contribution in [0.4, 0.5) is 0 Å². The Morgan fingerprint density at radius 1 is 1.04 bits per heavy atom. The SMILES string of the molecule is Cc1ccnc2nc(Cc3nc4sc(-c5ccccc5)cc4c(=O)[nH]3)[nH]c12. The number of rotatable bonds is 3. The Morgan fingerprint density at radius 3 is 2.67 bits per heavy atom. The van der Waals surface area contributed by atoms with Crippen molar-refractivity contribution < 1.29 is 0 Å². The standard InChI is InChI=1S/C20H15N5OS/c1-11-7-8-21-18-17(11)22-15(23-18)10-16-24-19(26)13-9-14(27-20(13)25-16)12-5-3-2-4-6-12/h2-9H,10H2,1H3,(H,21,22,23)(H,24,25,26). The minimum absolute atomic E-state index is 0.126. The molecule has 5 rings (SSSR count). The highest BCUT2D eigenvalue weighted by Crippen LogP contribution is 2.30. The quantitative estimate of drug-likeness (QED) is 0.503. The lowest BCUT2D eigenvalue weighted by Gasteiger charge is -1.98. The van der Waals surface area contributed by atoms with Gasteiger partial charge in [-0.2, -0.15) is 0 Å². The van der Waals surface area contributed by atoms with Gasteiger partial charge in [0.05, 0.1) is 17.3 Å². The van der Waals surface area contributed by atoms with Gasteiger partial charge >= 0.3 is 0 Å². The molecular formula is C20H15N5OS. The van der Waals surface area contributed by atoms with Crippen molar-refractivity contribution in [3.8, 4) is 10.4 Å². The van der Waals surface area contributed by atoms with Gasteiger partial charge in [0.25, 0.3) is 5.56 Å². The Kier molecular flexibility index (Phi) is 3.61. The van der Waals surface area contributed by atoms with Crippen LogP contribution in [0.3, 0.4) is 0 Å². The minimum Gasteiger partial charge on any atom is -0.340 e. The molecule has 132 valence electrons. The average molecular weight is 373 g/mol. The molecule has 0 fully saturated rings. The molecule has 2 N–H and O–H groups in total. The zero-order valence-corrected chi connectivity index (χ0v) is 15.3. The summed E-state index contributed by atoms with van der Waals surface area (Å²) in [6.45, 7) is 2.01. The van der Waals surface area contributed by atoms with Gasteiger partial charge in [-0.05, 0) is 30.2 Å². The van der Waals surface area contributed by atoms with E-state index in [0.29, 0.717) is 23.3 Å². The Morgan fingerprint density at radius 2 is 1.85 bits per heavy atom. The van der Waals surface area contributed by atoms with Crippen molar-refractivity contribution in [2.24, 2.45) is 0 Å². The van der Waals surface area contributed by atoms with E-state index in [0.717, 1.165) is 32.2 Å². The summed E-state index contributed by atoms with van der Waals surface area (Å²) < 4.78 is 0. The summed E-state index contributed by atoms with van der Waals surface area (Å²) in [5.74, 6) is 1.32. The number of aromatic nitrogens is 5. The first-order valence-corrected chi connectivity index (χ1v) is 9.37. The molecule has 0 radical (unpaired) electrons. The maximum absolute atomic E-state index is 12.5. The number of H-pyrrole nitrogens is 2. The maximum atomic E-state index is 12.5. The number of nitrogens with one attached hydrogen (secondary N) is 2. The van der Waals surface area contributed by atoms with E-state index in [9.17, 15) is 4.79 Å². The fraction of sp³-hybridized carbons (Fsp3) is 0.100. The highest BCUT2D eigenvalue weighted by atomic mass is 32.1. The van der Waals surface area contributed by atoms with Crippen molar-refractivity contribution in [1.82, 2.24) is 24.9 Å². The number of hydrogen-bond acceptors (Lipinski definition) is 5. The van der Waals surface area contributed by atoms with Crippen molar-refractivity contribution in [3.05, 3.63) is 76.2 Å². The average Bonchev–Trinajstić information content (AvgIpc) is 3.27. The van der Waals surface area contributed by atoms with Crippen molar-refractivity contribution in [1.29, 1.82) is 0 Å². The number of aromatic amines is 2. The lowest BCUT2D eigenvalue weighted by molar-refractivity contribution is 0.922. The van der Waals surface area contributed by atoms with Gasteiger partial charge in [-0.25, -0.2) is 15.0 Å². The first-order valence-electron chi connectivity index (χ1n) is 8.56. The lowest BCUT2D eigenvalue weighted by atomic mass is 10.2. The molecule has 0 amide bonds. The molecule has 0 aliphatic carbocycles. The van der Waals surface area contributed by atoms with E-state index in [1.54, 1.807) is 6.20 Å². The molecule has 0 unspecified atom stereocenters. The highest BCUT2D eigenvalue weighted by molar-refractivity contribution is 7.21. The fourth-order valence-electron chi connectivity index (χ4n) is 3.13. The van der Waals surface area contributed by atoms with Gasteiger partial charge in [-0.15, -0.1) is 11.3 Å². The third-order valence-corrected chi connectivity index (χ3v) is 5.57. The monoisotopic (exact) mass is 373 g/mol. The van der Waals surface area contributed by atoms with Crippen LogP contribution in [0.15, 0.2) is 53.5 Å². The van der Waals surface area contributed by atoms with E-state index in [1.807, 2.05) is 49.4 Å². The second kappa shape index (κ2) is 6.14. The molecule has 0 saturated carbocycles. The van der Waals surface area contributed by atoms with Gasteiger partial charge < -0.3 is 9.97 Å². The third kappa shape index (κ3) is 2.82. The largest absolute Gasteiger partial charge is 0.340 e. The number of aryl methyl sites for hydroxylation is 1. The lowest BCUT2D eigenvalue weighted by Crippen LogP contribution is -2.11. The zero-order chi connectivity index (χ0) is 18.4. The van der Waals surface area contributed by atoms with E-state index in [-0.39, 0.29) is 5.56 Å². The van der Waals surface area contributed by atoms with Crippen molar-refractivity contribution in [2.45, 2.75) is 13.3 Å². The summed E-state index contributed by atoms with van der Waals surface area (Å²) in [7, 11) is 0. The smallest absolute Gasteiger partial charge is 0.259 e. The minimum atomic E-state index is -0.126. The number of imidazole rings is 1. The van der Waals surface area contributed by atoms with Gasteiger partial charge in [-0.1, -0.05) is 30.3 Å². The molecule has 7 heteroatoms. The van der Waals surface area contributed by atoms with E-state index in [1.165, 1.54) is 11.3 Å². The second-order valence-electron chi connectivity index (χ2n) is 6.39. The number of nitrogens with zero attached hydrogens (tertiary/aromatic N) is 3. The van der Waals surface area contributed by atoms with Crippen LogP contribution in [0.1, 0.15) is 17.2 Å². The van der Waals surface area contributed by atoms with Crippen molar-refractivity contribution >= 4 is 32.7 Å². The summed E-state index contributed by atoms with van der Waals surface area (Å²) in [6, 6.07) is 13.9. The molecular weight excluding hydrogens is 358 g/mol. The van der Waals surface area contributed by atoms with Crippen LogP contribution in [0, 0.1) is 6.92 Å². The van der Waals surface area contributed by atoms with Gasteiger partial charge in [0.2, 0.25) is 0 Å². The van der Waals surface area contributed by atoms with Gasteiger partial charge in [0.1, 0.15) is 16.5 Å². The summed E-state index contributed by atoms with van der Waals surface area (Å²) in [4.78, 5) is 33.9.